The summed E-state index contributed by atoms with van der Waals surface area (Å²) in [6.45, 7) is 6.40. The third-order valence-electron chi connectivity index (χ3n) is 1.21. The summed E-state index contributed by atoms with van der Waals surface area (Å²) >= 11 is 0. The second kappa shape index (κ2) is 4.57. The van der Waals surface area contributed by atoms with Gasteiger partial charge in [0.15, 0.2) is 0 Å². The highest BCUT2D eigenvalue weighted by atomic mass is 14.6. The Morgan fingerprint density at radius 3 is 2.22 bits per heavy atom. The fourth-order valence-electron chi connectivity index (χ4n) is 0.501. The molecule has 0 aliphatic carbocycles. The van der Waals surface area contributed by atoms with Crippen molar-refractivity contribution in [2.24, 2.45) is 11.7 Å². The maximum Gasteiger partial charge on any atom is 0.0221 e. The van der Waals surface area contributed by atoms with Gasteiger partial charge in [-0.05, 0) is 12.3 Å². The van der Waals surface area contributed by atoms with E-state index in [0.29, 0.717) is 5.92 Å². The summed E-state index contributed by atoms with van der Waals surface area (Å²) in [6, 6.07) is 0.257. The monoisotopic (exact) mass is 127 g/mol. The van der Waals surface area contributed by atoms with Gasteiger partial charge in [-0.2, -0.15) is 0 Å². The van der Waals surface area contributed by atoms with E-state index in [2.05, 4.69) is 32.9 Å². The lowest BCUT2D eigenvalue weighted by molar-refractivity contribution is 0.758. The van der Waals surface area contributed by atoms with Crippen molar-refractivity contribution < 1.29 is 0 Å². The first-order valence-electron chi connectivity index (χ1n) is 3.60. The Kier molecular flexibility index (Phi) is 4.41. The fourth-order valence-corrected chi connectivity index (χ4v) is 0.501. The topological polar surface area (TPSA) is 26.0 Å². The molecule has 0 saturated heterocycles. The molecule has 0 aliphatic rings. The predicted molar refractivity (Wildman–Crippen MR) is 42.2 cm³/mol. The van der Waals surface area contributed by atoms with Crippen molar-refractivity contribution >= 4 is 0 Å². The van der Waals surface area contributed by atoms with Gasteiger partial charge in [-0.15, -0.1) is 0 Å². The maximum atomic E-state index is 5.63. The normalized spacial score (nSPS) is 15.2. The zero-order chi connectivity index (χ0) is 7.28. The molecule has 0 spiro atoms. The molecule has 1 atom stereocenters. The standard InChI is InChI=1S/C8H17N/c1-4-8(9)6-5-7(2)3/h5-8H,4,9H2,1-3H3/b6-5+. The molecule has 1 nitrogen and oxygen atoms in total. The lowest BCUT2D eigenvalue weighted by atomic mass is 10.1. The molecule has 1 unspecified atom stereocenters. The van der Waals surface area contributed by atoms with Crippen molar-refractivity contribution in [1.29, 1.82) is 0 Å². The van der Waals surface area contributed by atoms with E-state index in [4.69, 9.17) is 5.73 Å². The largest absolute Gasteiger partial charge is 0.324 e. The summed E-state index contributed by atoms with van der Waals surface area (Å²) in [4.78, 5) is 0. The molecular weight excluding hydrogens is 110 g/mol. The Hall–Kier alpha value is -0.300. The van der Waals surface area contributed by atoms with E-state index in [1.165, 1.54) is 0 Å². The second-order valence-corrected chi connectivity index (χ2v) is 2.70. The molecule has 0 aromatic carbocycles. The lowest BCUT2D eigenvalue weighted by Gasteiger charge is -2.00. The molecule has 0 amide bonds. The van der Waals surface area contributed by atoms with Gasteiger partial charge < -0.3 is 5.73 Å². The van der Waals surface area contributed by atoms with E-state index in [1.807, 2.05) is 0 Å². The molecule has 0 fully saturated rings. The van der Waals surface area contributed by atoms with Crippen molar-refractivity contribution in [3.8, 4) is 0 Å². The first-order valence-corrected chi connectivity index (χ1v) is 3.60. The molecule has 1 heteroatoms. The molecular formula is C8H17N. The van der Waals surface area contributed by atoms with Crippen molar-refractivity contribution in [3.63, 3.8) is 0 Å². The average molecular weight is 127 g/mol. The zero-order valence-corrected chi connectivity index (χ0v) is 6.59. The second-order valence-electron chi connectivity index (χ2n) is 2.70. The third-order valence-corrected chi connectivity index (χ3v) is 1.21. The molecule has 54 valence electrons. The third kappa shape index (κ3) is 5.57. The van der Waals surface area contributed by atoms with Gasteiger partial charge in [-0.1, -0.05) is 32.9 Å². The van der Waals surface area contributed by atoms with Gasteiger partial charge in [0.25, 0.3) is 0 Å². The van der Waals surface area contributed by atoms with E-state index in [0.717, 1.165) is 6.42 Å². The zero-order valence-electron chi connectivity index (χ0n) is 6.59. The van der Waals surface area contributed by atoms with E-state index in [-0.39, 0.29) is 6.04 Å². The first kappa shape index (κ1) is 8.70. The Morgan fingerprint density at radius 2 is 1.89 bits per heavy atom. The van der Waals surface area contributed by atoms with Crippen LogP contribution in [0.1, 0.15) is 27.2 Å². The lowest BCUT2D eigenvalue weighted by Crippen LogP contribution is -2.14. The maximum absolute atomic E-state index is 5.63. The Bertz CT molecular complexity index is 84.6. The minimum absolute atomic E-state index is 0.257. The van der Waals surface area contributed by atoms with Crippen molar-refractivity contribution in [1.82, 2.24) is 0 Å². The molecule has 2 N–H and O–H groups in total. The van der Waals surface area contributed by atoms with Crippen LogP contribution in [0.25, 0.3) is 0 Å². The van der Waals surface area contributed by atoms with Gasteiger partial charge >= 0.3 is 0 Å². The minimum Gasteiger partial charge on any atom is -0.324 e. The van der Waals surface area contributed by atoms with Crippen LogP contribution < -0.4 is 5.73 Å². The van der Waals surface area contributed by atoms with Gasteiger partial charge in [0.2, 0.25) is 0 Å². The number of rotatable bonds is 3. The SMILES string of the molecule is CCC(N)/C=C/C(C)C. The fraction of sp³-hybridized carbons (Fsp3) is 0.750. The summed E-state index contributed by atoms with van der Waals surface area (Å²) in [6.07, 6.45) is 5.25. The minimum atomic E-state index is 0.257. The first-order chi connectivity index (χ1) is 4.16. The molecule has 9 heavy (non-hydrogen) atoms. The van der Waals surface area contributed by atoms with E-state index in [1.54, 1.807) is 0 Å². The van der Waals surface area contributed by atoms with E-state index >= 15 is 0 Å². The Morgan fingerprint density at radius 1 is 1.33 bits per heavy atom. The van der Waals surface area contributed by atoms with Crippen LogP contribution in [0.4, 0.5) is 0 Å². The smallest absolute Gasteiger partial charge is 0.0221 e. The van der Waals surface area contributed by atoms with Crippen molar-refractivity contribution in [2.75, 3.05) is 0 Å². The molecule has 0 aromatic heterocycles. The van der Waals surface area contributed by atoms with Crippen LogP contribution in [0.5, 0.6) is 0 Å². The van der Waals surface area contributed by atoms with Gasteiger partial charge in [0.1, 0.15) is 0 Å². The molecule has 0 bridgehead atoms. The van der Waals surface area contributed by atoms with Gasteiger partial charge in [-0.25, -0.2) is 0 Å². The highest BCUT2D eigenvalue weighted by molar-refractivity contribution is 4.92. The number of nitrogens with two attached hydrogens (primary N) is 1. The van der Waals surface area contributed by atoms with Gasteiger partial charge in [-0.3, -0.25) is 0 Å². The number of hydrogen-bond donors (Lipinski definition) is 1. The summed E-state index contributed by atoms with van der Waals surface area (Å²) in [5.41, 5.74) is 5.63. The van der Waals surface area contributed by atoms with Gasteiger partial charge in [0, 0.05) is 6.04 Å². The molecule has 0 rings (SSSR count). The summed E-state index contributed by atoms with van der Waals surface area (Å²) in [5, 5.41) is 0. The summed E-state index contributed by atoms with van der Waals surface area (Å²) in [5.74, 6) is 0.627. The highest BCUT2D eigenvalue weighted by Crippen LogP contribution is 1.96. The highest BCUT2D eigenvalue weighted by Gasteiger charge is 1.90. The number of hydrogen-bond acceptors (Lipinski definition) is 1. The number of allylic oxidation sites excluding steroid dienone is 1. The average Bonchev–Trinajstić information content (AvgIpc) is 1.83. The Balaban J connectivity index is 3.43. The van der Waals surface area contributed by atoms with Crippen LogP contribution in [-0.2, 0) is 0 Å². The summed E-state index contributed by atoms with van der Waals surface area (Å²) < 4.78 is 0. The van der Waals surface area contributed by atoms with Gasteiger partial charge in [0.05, 0.1) is 0 Å². The molecule has 0 heterocycles. The summed E-state index contributed by atoms with van der Waals surface area (Å²) in [7, 11) is 0. The van der Waals surface area contributed by atoms with Crippen LogP contribution >= 0.6 is 0 Å². The predicted octanol–water partition coefficient (Wildman–Crippen LogP) is 1.94. The van der Waals surface area contributed by atoms with Crippen LogP contribution in [0.15, 0.2) is 12.2 Å². The van der Waals surface area contributed by atoms with E-state index in [9.17, 15) is 0 Å². The quantitative estimate of drug-likeness (QED) is 0.576. The van der Waals surface area contributed by atoms with Crippen LogP contribution in [0.3, 0.4) is 0 Å². The van der Waals surface area contributed by atoms with Crippen LogP contribution in [-0.4, -0.2) is 6.04 Å². The van der Waals surface area contributed by atoms with Crippen molar-refractivity contribution in [3.05, 3.63) is 12.2 Å². The molecule has 0 aromatic rings. The van der Waals surface area contributed by atoms with Crippen molar-refractivity contribution in [2.45, 2.75) is 33.2 Å². The van der Waals surface area contributed by atoms with E-state index < -0.39 is 0 Å². The molecule has 0 radical (unpaired) electrons. The van der Waals surface area contributed by atoms with Crippen LogP contribution in [0, 0.1) is 5.92 Å². The molecule has 0 saturated carbocycles. The molecule has 0 aliphatic heterocycles. The van der Waals surface area contributed by atoms with Crippen LogP contribution in [0.2, 0.25) is 0 Å². The Labute approximate surface area is 57.9 Å².